The molecule has 0 aliphatic rings. The lowest BCUT2D eigenvalue weighted by Crippen LogP contribution is -2.12. The first-order valence-corrected chi connectivity index (χ1v) is 8.28. The first kappa shape index (κ1) is 18.9. The van der Waals surface area contributed by atoms with Crippen LogP contribution in [0.4, 0.5) is 4.39 Å². The quantitative estimate of drug-likeness (QED) is 0.516. The maximum absolute atomic E-state index is 13.5. The summed E-state index contributed by atoms with van der Waals surface area (Å²) in [5.74, 6) is -2.03. The Labute approximate surface area is 150 Å². The van der Waals surface area contributed by atoms with E-state index in [1.807, 2.05) is 30.3 Å². The highest BCUT2D eigenvalue weighted by molar-refractivity contribution is 6.32. The molecule has 0 atom stereocenters. The van der Waals surface area contributed by atoms with Crippen molar-refractivity contribution in [2.75, 3.05) is 6.61 Å². The average molecular weight is 365 g/mol. The summed E-state index contributed by atoms with van der Waals surface area (Å²) in [5, 5.41) is 0.0219. The predicted molar refractivity (Wildman–Crippen MR) is 92.0 cm³/mol. The zero-order chi connectivity index (χ0) is 18.1. The zero-order valence-electron chi connectivity index (χ0n) is 13.5. The molecule has 2 rings (SSSR count). The maximum atomic E-state index is 13.5. The van der Waals surface area contributed by atoms with Crippen LogP contribution in [-0.2, 0) is 20.7 Å². The van der Waals surface area contributed by atoms with Crippen molar-refractivity contribution >= 4 is 23.5 Å². The molecule has 0 unspecified atom stereocenters. The second kappa shape index (κ2) is 9.79. The Bertz CT molecular complexity index is 698. The van der Waals surface area contributed by atoms with E-state index in [1.165, 1.54) is 12.1 Å². The molecule has 0 saturated carbocycles. The molecule has 25 heavy (non-hydrogen) atoms. The minimum Gasteiger partial charge on any atom is -0.465 e. The number of hydrogen-bond donors (Lipinski definition) is 0. The number of hydrogen-bond acceptors (Lipinski definition) is 4. The lowest BCUT2D eigenvalue weighted by molar-refractivity contribution is -0.143. The largest absolute Gasteiger partial charge is 0.465 e. The Hall–Kier alpha value is -2.40. The minimum atomic E-state index is -0.707. The van der Waals surface area contributed by atoms with Gasteiger partial charge in [-0.1, -0.05) is 48.0 Å². The fourth-order valence-electron chi connectivity index (χ4n) is 2.12. The van der Waals surface area contributed by atoms with Gasteiger partial charge < -0.3 is 9.47 Å². The smallest absolute Gasteiger partial charge is 0.311 e. The lowest BCUT2D eigenvalue weighted by atomic mass is 10.2. The SMILES string of the molecule is O=C(CCCC(=O)Oc1c(F)cccc1Cl)OCCc1ccccc1. The number of halogens is 2. The van der Waals surface area contributed by atoms with Crippen LogP contribution in [0.3, 0.4) is 0 Å². The number of esters is 2. The standard InChI is InChI=1S/C19H18ClFO4/c20-15-8-4-9-16(21)19(15)25-18(23)11-5-10-17(22)24-13-12-14-6-2-1-3-7-14/h1-4,6-9H,5,10-13H2. The van der Waals surface area contributed by atoms with Gasteiger partial charge in [0.1, 0.15) is 0 Å². The molecular weight excluding hydrogens is 347 g/mol. The first-order valence-electron chi connectivity index (χ1n) is 7.90. The van der Waals surface area contributed by atoms with E-state index in [0.717, 1.165) is 11.6 Å². The van der Waals surface area contributed by atoms with Crippen molar-refractivity contribution in [3.05, 3.63) is 64.9 Å². The monoisotopic (exact) mass is 364 g/mol. The predicted octanol–water partition coefficient (Wildman–Crippen LogP) is 4.34. The van der Waals surface area contributed by atoms with E-state index in [9.17, 15) is 14.0 Å². The van der Waals surface area contributed by atoms with E-state index >= 15 is 0 Å². The van der Waals surface area contributed by atoms with Crippen LogP contribution < -0.4 is 4.74 Å². The van der Waals surface area contributed by atoms with Crippen molar-refractivity contribution in [1.82, 2.24) is 0 Å². The summed E-state index contributed by atoms with van der Waals surface area (Å²) in [6.45, 7) is 0.290. The van der Waals surface area contributed by atoms with Gasteiger partial charge in [0.2, 0.25) is 0 Å². The number of para-hydroxylation sites is 1. The molecule has 0 aliphatic heterocycles. The van der Waals surface area contributed by atoms with Crippen LogP contribution in [0.25, 0.3) is 0 Å². The third kappa shape index (κ3) is 6.55. The Morgan fingerprint density at radius 3 is 2.40 bits per heavy atom. The van der Waals surface area contributed by atoms with Gasteiger partial charge in [0.15, 0.2) is 11.6 Å². The number of carbonyl (C=O) groups excluding carboxylic acids is 2. The Morgan fingerprint density at radius 1 is 0.960 bits per heavy atom. The second-order valence-corrected chi connectivity index (χ2v) is 5.74. The molecule has 0 aromatic heterocycles. The fraction of sp³-hybridized carbons (Fsp3) is 0.263. The Morgan fingerprint density at radius 2 is 1.68 bits per heavy atom. The van der Waals surface area contributed by atoms with E-state index in [1.54, 1.807) is 0 Å². The van der Waals surface area contributed by atoms with Crippen molar-refractivity contribution in [3.63, 3.8) is 0 Å². The summed E-state index contributed by atoms with van der Waals surface area (Å²) in [7, 11) is 0. The molecular formula is C19H18ClFO4. The maximum Gasteiger partial charge on any atom is 0.311 e. The van der Waals surface area contributed by atoms with Gasteiger partial charge in [-0.25, -0.2) is 4.39 Å². The molecule has 0 aliphatic carbocycles. The molecule has 0 fully saturated rings. The van der Waals surface area contributed by atoms with Crippen molar-refractivity contribution in [1.29, 1.82) is 0 Å². The third-order valence-electron chi connectivity index (χ3n) is 3.39. The van der Waals surface area contributed by atoms with Gasteiger partial charge in [-0.15, -0.1) is 0 Å². The number of ether oxygens (including phenoxy) is 2. The molecule has 0 bridgehead atoms. The first-order chi connectivity index (χ1) is 12.1. The van der Waals surface area contributed by atoms with E-state index < -0.39 is 11.8 Å². The van der Waals surface area contributed by atoms with E-state index in [-0.39, 0.29) is 42.6 Å². The Balaban J connectivity index is 1.64. The van der Waals surface area contributed by atoms with Crippen LogP contribution in [0.1, 0.15) is 24.8 Å². The molecule has 0 saturated heterocycles. The lowest BCUT2D eigenvalue weighted by Gasteiger charge is -2.07. The molecule has 6 heteroatoms. The van der Waals surface area contributed by atoms with Crippen molar-refractivity contribution < 1.29 is 23.5 Å². The average Bonchev–Trinajstić information content (AvgIpc) is 2.59. The van der Waals surface area contributed by atoms with Crippen LogP contribution in [0.5, 0.6) is 5.75 Å². The van der Waals surface area contributed by atoms with Gasteiger partial charge in [-0.05, 0) is 24.1 Å². The van der Waals surface area contributed by atoms with Crippen molar-refractivity contribution in [2.45, 2.75) is 25.7 Å². The van der Waals surface area contributed by atoms with E-state index in [0.29, 0.717) is 6.42 Å². The Kier molecular flexibility index (Phi) is 7.41. The van der Waals surface area contributed by atoms with Gasteiger partial charge in [0.05, 0.1) is 11.6 Å². The fourth-order valence-corrected chi connectivity index (χ4v) is 2.32. The van der Waals surface area contributed by atoms with Gasteiger partial charge in [0, 0.05) is 19.3 Å². The van der Waals surface area contributed by atoms with Gasteiger partial charge in [-0.2, -0.15) is 0 Å². The van der Waals surface area contributed by atoms with Gasteiger partial charge in [-0.3, -0.25) is 9.59 Å². The van der Waals surface area contributed by atoms with Crippen LogP contribution in [0.2, 0.25) is 5.02 Å². The van der Waals surface area contributed by atoms with Crippen LogP contribution >= 0.6 is 11.6 Å². The molecule has 2 aromatic rings. The summed E-state index contributed by atoms with van der Waals surface area (Å²) >= 11 is 5.77. The topological polar surface area (TPSA) is 52.6 Å². The third-order valence-corrected chi connectivity index (χ3v) is 3.69. The molecule has 0 amide bonds. The molecule has 4 nitrogen and oxygen atoms in total. The number of benzene rings is 2. The number of rotatable bonds is 8. The van der Waals surface area contributed by atoms with Crippen LogP contribution in [0.15, 0.2) is 48.5 Å². The van der Waals surface area contributed by atoms with Gasteiger partial charge in [0.25, 0.3) is 0 Å². The highest BCUT2D eigenvalue weighted by Gasteiger charge is 2.14. The van der Waals surface area contributed by atoms with Crippen molar-refractivity contribution in [2.24, 2.45) is 0 Å². The normalized spacial score (nSPS) is 10.3. The van der Waals surface area contributed by atoms with Gasteiger partial charge >= 0.3 is 11.9 Å². The molecule has 0 N–H and O–H groups in total. The molecule has 0 heterocycles. The highest BCUT2D eigenvalue weighted by atomic mass is 35.5. The summed E-state index contributed by atoms with van der Waals surface area (Å²) in [4.78, 5) is 23.3. The van der Waals surface area contributed by atoms with Crippen LogP contribution in [-0.4, -0.2) is 18.5 Å². The summed E-state index contributed by atoms with van der Waals surface area (Å²) in [5.41, 5.74) is 1.08. The second-order valence-electron chi connectivity index (χ2n) is 5.33. The highest BCUT2D eigenvalue weighted by Crippen LogP contribution is 2.27. The summed E-state index contributed by atoms with van der Waals surface area (Å²) in [6, 6.07) is 13.7. The molecule has 0 spiro atoms. The van der Waals surface area contributed by atoms with E-state index in [2.05, 4.69) is 0 Å². The molecule has 0 radical (unpaired) electrons. The molecule has 2 aromatic carbocycles. The van der Waals surface area contributed by atoms with Crippen molar-refractivity contribution in [3.8, 4) is 5.75 Å². The molecule has 132 valence electrons. The summed E-state index contributed by atoms with van der Waals surface area (Å²) < 4.78 is 23.5. The minimum absolute atomic E-state index is 0.0219. The zero-order valence-corrected chi connectivity index (χ0v) is 14.3. The number of carbonyl (C=O) groups is 2. The van der Waals surface area contributed by atoms with Crippen LogP contribution in [0, 0.1) is 5.82 Å². The van der Waals surface area contributed by atoms with E-state index in [4.69, 9.17) is 21.1 Å². The summed E-state index contributed by atoms with van der Waals surface area (Å²) in [6.07, 6.45) is 0.961.